The quantitative estimate of drug-likeness (QED) is 0.832. The predicted octanol–water partition coefficient (Wildman–Crippen LogP) is 3.38. The zero-order chi connectivity index (χ0) is 13.1. The number of rotatable bonds is 6. The molecule has 0 bridgehead atoms. The van der Waals surface area contributed by atoms with Gasteiger partial charge in [-0.05, 0) is 50.3 Å². The molecular weight excluding hydrogens is 222 g/mol. The Hall–Kier alpha value is -0.860. The second-order valence-electron chi connectivity index (χ2n) is 5.43. The fraction of sp³-hybridized carbons (Fsp3) is 0.625. The van der Waals surface area contributed by atoms with Crippen LogP contribution in [0.2, 0.25) is 0 Å². The van der Waals surface area contributed by atoms with Crippen molar-refractivity contribution in [3.63, 3.8) is 0 Å². The first-order valence-electron chi connectivity index (χ1n) is 7.00. The van der Waals surface area contributed by atoms with Crippen molar-refractivity contribution in [2.24, 2.45) is 5.92 Å². The molecule has 1 fully saturated rings. The van der Waals surface area contributed by atoms with Crippen molar-refractivity contribution in [3.8, 4) is 0 Å². The summed E-state index contributed by atoms with van der Waals surface area (Å²) in [6.45, 7) is 7.49. The average molecular weight is 247 g/mol. The Morgan fingerprint density at radius 3 is 2.61 bits per heavy atom. The van der Waals surface area contributed by atoms with E-state index in [1.165, 1.54) is 29.5 Å². The molecule has 0 amide bonds. The second-order valence-corrected chi connectivity index (χ2v) is 5.43. The summed E-state index contributed by atoms with van der Waals surface area (Å²) in [4.78, 5) is 0. The van der Waals surface area contributed by atoms with Gasteiger partial charge >= 0.3 is 0 Å². The van der Waals surface area contributed by atoms with Gasteiger partial charge in [0.05, 0.1) is 12.1 Å². The summed E-state index contributed by atoms with van der Waals surface area (Å²) >= 11 is 0. The first-order valence-corrected chi connectivity index (χ1v) is 7.00. The summed E-state index contributed by atoms with van der Waals surface area (Å²) in [5.41, 5.74) is 4.08. The second kappa shape index (κ2) is 5.85. The third-order valence-electron chi connectivity index (χ3n) is 3.88. The standard InChI is InChI=1S/C16H25NO/c1-5-17-15(16(18-4)13-8-9-13)14-10-11(2)6-7-12(14)3/h6-7,10,13,15-17H,5,8-9H2,1-4H3. The van der Waals surface area contributed by atoms with Crippen LogP contribution < -0.4 is 5.32 Å². The Bertz CT molecular complexity index is 398. The van der Waals surface area contributed by atoms with Crippen molar-refractivity contribution in [2.45, 2.75) is 45.8 Å². The third kappa shape index (κ3) is 2.93. The lowest BCUT2D eigenvalue weighted by atomic mass is 9.93. The largest absolute Gasteiger partial charge is 0.379 e. The Labute approximate surface area is 111 Å². The summed E-state index contributed by atoms with van der Waals surface area (Å²) in [6.07, 6.45) is 2.93. The molecule has 1 aromatic carbocycles. The number of hydrogen-bond donors (Lipinski definition) is 1. The average Bonchev–Trinajstić information content (AvgIpc) is 3.17. The fourth-order valence-corrected chi connectivity index (χ4v) is 2.74. The van der Waals surface area contributed by atoms with E-state index in [2.05, 4.69) is 44.3 Å². The van der Waals surface area contributed by atoms with Crippen LogP contribution in [0.25, 0.3) is 0 Å². The van der Waals surface area contributed by atoms with Gasteiger partial charge < -0.3 is 10.1 Å². The van der Waals surface area contributed by atoms with Gasteiger partial charge in [-0.2, -0.15) is 0 Å². The highest BCUT2D eigenvalue weighted by atomic mass is 16.5. The van der Waals surface area contributed by atoms with Crippen LogP contribution in [0.3, 0.4) is 0 Å². The van der Waals surface area contributed by atoms with Crippen molar-refractivity contribution in [1.29, 1.82) is 0 Å². The maximum absolute atomic E-state index is 5.78. The summed E-state index contributed by atoms with van der Waals surface area (Å²) in [5, 5.41) is 3.61. The number of aryl methyl sites for hydroxylation is 2. The molecule has 2 rings (SSSR count). The number of methoxy groups -OCH3 is 1. The van der Waals surface area contributed by atoms with Gasteiger partial charge in [0.15, 0.2) is 0 Å². The maximum atomic E-state index is 5.78. The van der Waals surface area contributed by atoms with Crippen LogP contribution in [-0.2, 0) is 4.74 Å². The molecule has 1 N–H and O–H groups in total. The Morgan fingerprint density at radius 2 is 2.06 bits per heavy atom. The van der Waals surface area contributed by atoms with E-state index in [0.717, 1.165) is 12.5 Å². The molecule has 0 spiro atoms. The molecule has 1 aliphatic carbocycles. The first kappa shape index (κ1) is 13.6. The van der Waals surface area contributed by atoms with E-state index in [4.69, 9.17) is 4.74 Å². The number of benzene rings is 1. The highest BCUT2D eigenvalue weighted by Gasteiger charge is 2.37. The zero-order valence-corrected chi connectivity index (χ0v) is 12.0. The summed E-state index contributed by atoms with van der Waals surface area (Å²) in [6, 6.07) is 7.03. The minimum atomic E-state index is 0.311. The molecule has 0 heterocycles. The normalized spacial score (nSPS) is 18.7. The van der Waals surface area contributed by atoms with Crippen LogP contribution in [0.5, 0.6) is 0 Å². The highest BCUT2D eigenvalue weighted by molar-refractivity contribution is 5.34. The molecule has 1 aliphatic rings. The molecule has 0 aromatic heterocycles. The van der Waals surface area contributed by atoms with E-state index in [1.54, 1.807) is 0 Å². The third-order valence-corrected chi connectivity index (χ3v) is 3.88. The molecule has 18 heavy (non-hydrogen) atoms. The Kier molecular flexibility index (Phi) is 4.41. The van der Waals surface area contributed by atoms with Crippen molar-refractivity contribution in [3.05, 3.63) is 34.9 Å². The molecule has 0 aliphatic heterocycles. The summed E-state index contributed by atoms with van der Waals surface area (Å²) in [7, 11) is 1.85. The number of likely N-dealkylation sites (N-methyl/N-ethyl adjacent to an activating group) is 1. The lowest BCUT2D eigenvalue weighted by Gasteiger charge is -2.28. The van der Waals surface area contributed by atoms with Crippen LogP contribution in [0.1, 0.15) is 42.5 Å². The molecule has 2 heteroatoms. The van der Waals surface area contributed by atoms with E-state index in [-0.39, 0.29) is 0 Å². The molecular formula is C16H25NO. The van der Waals surface area contributed by atoms with Gasteiger partial charge in [-0.1, -0.05) is 30.7 Å². The van der Waals surface area contributed by atoms with Gasteiger partial charge in [0.25, 0.3) is 0 Å². The van der Waals surface area contributed by atoms with Crippen molar-refractivity contribution in [1.82, 2.24) is 5.32 Å². The van der Waals surface area contributed by atoms with Crippen LogP contribution in [0, 0.1) is 19.8 Å². The van der Waals surface area contributed by atoms with Crippen LogP contribution in [0.15, 0.2) is 18.2 Å². The van der Waals surface area contributed by atoms with E-state index in [0.29, 0.717) is 12.1 Å². The highest BCUT2D eigenvalue weighted by Crippen LogP contribution is 2.40. The van der Waals surface area contributed by atoms with Crippen molar-refractivity contribution in [2.75, 3.05) is 13.7 Å². The summed E-state index contributed by atoms with van der Waals surface area (Å²) < 4.78 is 5.78. The smallest absolute Gasteiger partial charge is 0.0794 e. The molecule has 2 nitrogen and oxygen atoms in total. The SMILES string of the molecule is CCNC(c1cc(C)ccc1C)C(OC)C1CC1. The van der Waals surface area contributed by atoms with Gasteiger partial charge in [0, 0.05) is 7.11 Å². The number of ether oxygens (including phenoxy) is 1. The first-order chi connectivity index (χ1) is 8.67. The van der Waals surface area contributed by atoms with Gasteiger partial charge in [-0.25, -0.2) is 0 Å². The van der Waals surface area contributed by atoms with E-state index in [1.807, 2.05) is 7.11 Å². The van der Waals surface area contributed by atoms with E-state index in [9.17, 15) is 0 Å². The topological polar surface area (TPSA) is 21.3 Å². The lowest BCUT2D eigenvalue weighted by Crippen LogP contribution is -2.35. The molecule has 0 saturated heterocycles. The van der Waals surface area contributed by atoms with Crippen LogP contribution >= 0.6 is 0 Å². The van der Waals surface area contributed by atoms with Crippen LogP contribution in [-0.4, -0.2) is 19.8 Å². The van der Waals surface area contributed by atoms with Gasteiger partial charge in [-0.15, -0.1) is 0 Å². The molecule has 100 valence electrons. The lowest BCUT2D eigenvalue weighted by molar-refractivity contribution is 0.0509. The van der Waals surface area contributed by atoms with E-state index < -0.39 is 0 Å². The Balaban J connectivity index is 2.30. The maximum Gasteiger partial charge on any atom is 0.0794 e. The van der Waals surface area contributed by atoms with Gasteiger partial charge in [0.1, 0.15) is 0 Å². The molecule has 2 atom stereocenters. The molecule has 1 saturated carbocycles. The van der Waals surface area contributed by atoms with E-state index >= 15 is 0 Å². The van der Waals surface area contributed by atoms with Crippen molar-refractivity contribution < 1.29 is 4.74 Å². The number of hydrogen-bond acceptors (Lipinski definition) is 2. The Morgan fingerprint density at radius 1 is 1.33 bits per heavy atom. The monoisotopic (exact) mass is 247 g/mol. The minimum absolute atomic E-state index is 0.311. The minimum Gasteiger partial charge on any atom is -0.379 e. The molecule has 1 aromatic rings. The summed E-state index contributed by atoms with van der Waals surface area (Å²) in [5.74, 6) is 0.735. The number of nitrogens with one attached hydrogen (secondary N) is 1. The molecule has 0 radical (unpaired) electrons. The predicted molar refractivity (Wildman–Crippen MR) is 75.9 cm³/mol. The van der Waals surface area contributed by atoms with Gasteiger partial charge in [0.2, 0.25) is 0 Å². The van der Waals surface area contributed by atoms with Crippen LogP contribution in [0.4, 0.5) is 0 Å². The molecule has 2 unspecified atom stereocenters. The zero-order valence-electron chi connectivity index (χ0n) is 12.0. The van der Waals surface area contributed by atoms with Gasteiger partial charge in [-0.3, -0.25) is 0 Å². The van der Waals surface area contributed by atoms with Crippen molar-refractivity contribution >= 4 is 0 Å². The fourth-order valence-electron chi connectivity index (χ4n) is 2.74.